The lowest BCUT2D eigenvalue weighted by Crippen LogP contribution is -2.00. The van der Waals surface area contributed by atoms with Gasteiger partial charge in [-0.05, 0) is 18.2 Å². The molecule has 1 heterocycles. The summed E-state index contributed by atoms with van der Waals surface area (Å²) in [5.74, 6) is -1.97. The van der Waals surface area contributed by atoms with Crippen LogP contribution in [0.15, 0.2) is 30.3 Å². The predicted molar refractivity (Wildman–Crippen MR) is 75.5 cm³/mol. The zero-order valence-corrected chi connectivity index (χ0v) is 11.9. The first-order valence-electron chi connectivity index (χ1n) is 5.89. The fourth-order valence-corrected chi connectivity index (χ4v) is 2.45. The minimum atomic E-state index is -0.801. The smallest absolute Gasteiger partial charge is 0.153 e. The Hall–Kier alpha value is -1.72. The molecule has 0 radical (unpaired) electrons. The molecule has 3 rings (SSSR count). The Kier molecular flexibility index (Phi) is 3.55. The molecule has 0 aliphatic carbocycles. The third kappa shape index (κ3) is 2.36. The van der Waals surface area contributed by atoms with Crippen LogP contribution >= 0.6 is 23.2 Å². The number of halogens is 5. The van der Waals surface area contributed by atoms with Crippen molar-refractivity contribution in [2.75, 3.05) is 0 Å². The molecule has 0 aliphatic heterocycles. The van der Waals surface area contributed by atoms with E-state index in [0.717, 1.165) is 18.2 Å². The van der Waals surface area contributed by atoms with E-state index in [1.54, 1.807) is 0 Å². The molecule has 0 amide bonds. The summed E-state index contributed by atoms with van der Waals surface area (Å²) in [6, 6.07) is 5.88. The fourth-order valence-electron chi connectivity index (χ4n) is 2.15. The minimum absolute atomic E-state index is 0.0255. The van der Waals surface area contributed by atoms with Crippen LogP contribution in [0, 0.1) is 17.5 Å². The number of alkyl halides is 1. The van der Waals surface area contributed by atoms with Crippen molar-refractivity contribution in [1.29, 1.82) is 0 Å². The first-order valence-corrected chi connectivity index (χ1v) is 6.80. The maximum absolute atomic E-state index is 13.8. The van der Waals surface area contributed by atoms with E-state index >= 15 is 0 Å². The van der Waals surface area contributed by atoms with E-state index in [1.807, 2.05) is 0 Å². The molecule has 108 valence electrons. The lowest BCUT2D eigenvalue weighted by Gasteiger charge is -2.08. The van der Waals surface area contributed by atoms with Crippen molar-refractivity contribution in [3.8, 4) is 5.69 Å². The molecule has 0 unspecified atom stereocenters. The summed E-state index contributed by atoms with van der Waals surface area (Å²) in [5, 5.41) is -0.0482. The third-order valence-electron chi connectivity index (χ3n) is 3.03. The standard InChI is InChI=1S/C14H7Cl2F3N2/c15-6-13-20-14-11(19)3-7(17)4-12(14)21(13)8-1-2-9(16)10(18)5-8/h1-5H,6H2. The summed E-state index contributed by atoms with van der Waals surface area (Å²) in [5.41, 5.74) is 0.479. The van der Waals surface area contributed by atoms with Crippen LogP contribution in [-0.2, 0) is 5.88 Å². The molecule has 2 aromatic carbocycles. The second-order valence-electron chi connectivity index (χ2n) is 4.35. The zero-order chi connectivity index (χ0) is 15.1. The van der Waals surface area contributed by atoms with Gasteiger partial charge in [0.1, 0.15) is 23.0 Å². The van der Waals surface area contributed by atoms with Crippen molar-refractivity contribution in [2.24, 2.45) is 0 Å². The van der Waals surface area contributed by atoms with Gasteiger partial charge in [0.25, 0.3) is 0 Å². The molecule has 3 aromatic rings. The molecule has 0 saturated carbocycles. The second kappa shape index (κ2) is 5.24. The van der Waals surface area contributed by atoms with Crippen molar-refractivity contribution in [2.45, 2.75) is 5.88 Å². The highest BCUT2D eigenvalue weighted by molar-refractivity contribution is 6.30. The van der Waals surface area contributed by atoms with Crippen LogP contribution in [0.5, 0.6) is 0 Å². The largest absolute Gasteiger partial charge is 0.295 e. The van der Waals surface area contributed by atoms with E-state index in [9.17, 15) is 13.2 Å². The number of rotatable bonds is 2. The van der Waals surface area contributed by atoms with E-state index in [0.29, 0.717) is 5.69 Å². The van der Waals surface area contributed by atoms with Gasteiger partial charge in [0.15, 0.2) is 5.82 Å². The third-order valence-corrected chi connectivity index (χ3v) is 3.57. The van der Waals surface area contributed by atoms with Crippen LogP contribution < -0.4 is 0 Å². The van der Waals surface area contributed by atoms with Crippen LogP contribution in [0.2, 0.25) is 5.02 Å². The molecule has 0 atom stereocenters. The van der Waals surface area contributed by atoms with Gasteiger partial charge in [-0.25, -0.2) is 18.2 Å². The Morgan fingerprint density at radius 2 is 1.81 bits per heavy atom. The Morgan fingerprint density at radius 1 is 1.05 bits per heavy atom. The van der Waals surface area contributed by atoms with E-state index in [2.05, 4.69) is 4.98 Å². The molecule has 0 N–H and O–H groups in total. The number of hydrogen-bond acceptors (Lipinski definition) is 1. The normalized spacial score (nSPS) is 11.3. The number of fused-ring (bicyclic) bond motifs is 1. The first kappa shape index (κ1) is 14.2. The van der Waals surface area contributed by atoms with Crippen molar-refractivity contribution >= 4 is 34.2 Å². The van der Waals surface area contributed by atoms with Crippen molar-refractivity contribution in [3.05, 3.63) is 58.6 Å². The number of nitrogens with zero attached hydrogens (tertiary/aromatic N) is 2. The van der Waals surface area contributed by atoms with Crippen LogP contribution in [0.1, 0.15) is 5.82 Å². The summed E-state index contributed by atoms with van der Waals surface area (Å²) in [6.45, 7) is 0. The Labute approximate surface area is 127 Å². The van der Waals surface area contributed by atoms with Crippen molar-refractivity contribution < 1.29 is 13.2 Å². The molecular formula is C14H7Cl2F3N2. The number of imidazole rings is 1. The minimum Gasteiger partial charge on any atom is -0.295 e. The van der Waals surface area contributed by atoms with Gasteiger partial charge in [-0.3, -0.25) is 4.57 Å². The SMILES string of the molecule is Fc1cc(F)c2nc(CCl)n(-c3ccc(Cl)c(F)c3)c2c1. The molecule has 1 aromatic heterocycles. The molecular weight excluding hydrogens is 324 g/mol. The summed E-state index contributed by atoms with van der Waals surface area (Å²) in [6.07, 6.45) is 0. The van der Waals surface area contributed by atoms with Crippen LogP contribution in [0.25, 0.3) is 16.7 Å². The van der Waals surface area contributed by atoms with E-state index in [1.165, 1.54) is 16.7 Å². The molecule has 2 nitrogen and oxygen atoms in total. The Bertz CT molecular complexity index is 846. The molecule has 7 heteroatoms. The molecule has 0 saturated heterocycles. The van der Waals surface area contributed by atoms with E-state index in [-0.39, 0.29) is 27.8 Å². The molecule has 0 bridgehead atoms. The summed E-state index contributed by atoms with van der Waals surface area (Å²) in [7, 11) is 0. The lowest BCUT2D eigenvalue weighted by molar-refractivity contribution is 0.590. The van der Waals surface area contributed by atoms with E-state index in [4.69, 9.17) is 23.2 Å². The van der Waals surface area contributed by atoms with Gasteiger partial charge in [-0.2, -0.15) is 0 Å². The summed E-state index contributed by atoms with van der Waals surface area (Å²) in [4.78, 5) is 4.03. The van der Waals surface area contributed by atoms with Gasteiger partial charge < -0.3 is 0 Å². The molecule has 21 heavy (non-hydrogen) atoms. The number of benzene rings is 2. The van der Waals surface area contributed by atoms with Crippen LogP contribution in [0.3, 0.4) is 0 Å². The van der Waals surface area contributed by atoms with Crippen molar-refractivity contribution in [1.82, 2.24) is 9.55 Å². The van der Waals surface area contributed by atoms with Crippen molar-refractivity contribution in [3.63, 3.8) is 0 Å². The zero-order valence-electron chi connectivity index (χ0n) is 10.4. The highest BCUT2D eigenvalue weighted by atomic mass is 35.5. The van der Waals surface area contributed by atoms with Gasteiger partial charge in [0.2, 0.25) is 0 Å². The van der Waals surface area contributed by atoms with Gasteiger partial charge in [-0.1, -0.05) is 11.6 Å². The van der Waals surface area contributed by atoms with Gasteiger partial charge in [-0.15, -0.1) is 11.6 Å². The second-order valence-corrected chi connectivity index (χ2v) is 5.03. The van der Waals surface area contributed by atoms with Gasteiger partial charge in [0, 0.05) is 12.1 Å². The van der Waals surface area contributed by atoms with Crippen LogP contribution in [0.4, 0.5) is 13.2 Å². The van der Waals surface area contributed by atoms with Gasteiger partial charge >= 0.3 is 0 Å². The lowest BCUT2D eigenvalue weighted by atomic mass is 10.2. The monoisotopic (exact) mass is 330 g/mol. The topological polar surface area (TPSA) is 17.8 Å². The van der Waals surface area contributed by atoms with Crippen LogP contribution in [-0.4, -0.2) is 9.55 Å². The Balaban J connectivity index is 2.36. The van der Waals surface area contributed by atoms with Gasteiger partial charge in [0.05, 0.1) is 22.1 Å². The highest BCUT2D eigenvalue weighted by Gasteiger charge is 2.17. The fraction of sp³-hybridized carbons (Fsp3) is 0.0714. The summed E-state index contributed by atoms with van der Waals surface area (Å²) < 4.78 is 42.2. The Morgan fingerprint density at radius 3 is 2.48 bits per heavy atom. The van der Waals surface area contributed by atoms with E-state index < -0.39 is 17.5 Å². The predicted octanol–water partition coefficient (Wildman–Crippen LogP) is 4.84. The number of hydrogen-bond donors (Lipinski definition) is 0. The maximum atomic E-state index is 13.8. The molecule has 0 fully saturated rings. The number of aromatic nitrogens is 2. The summed E-state index contributed by atoms with van der Waals surface area (Å²) >= 11 is 11.4. The average molecular weight is 331 g/mol. The average Bonchev–Trinajstić information content (AvgIpc) is 2.80. The molecule has 0 spiro atoms. The first-order chi connectivity index (χ1) is 10.0. The quantitative estimate of drug-likeness (QED) is 0.615. The maximum Gasteiger partial charge on any atom is 0.153 e. The molecule has 0 aliphatic rings. The highest BCUT2D eigenvalue weighted by Crippen LogP contribution is 2.27.